The Hall–Kier alpha value is -3.81. The fourth-order valence-corrected chi connectivity index (χ4v) is 2.60. The number of aryl methyl sites for hydroxylation is 1. The highest BCUT2D eigenvalue weighted by atomic mass is 16.6. The zero-order valence-electron chi connectivity index (χ0n) is 17.3. The summed E-state index contributed by atoms with van der Waals surface area (Å²) in [5, 5.41) is 17.0. The van der Waals surface area contributed by atoms with Crippen LogP contribution in [0.5, 0.6) is 0 Å². The maximum Gasteiger partial charge on any atom is 0.329 e. The van der Waals surface area contributed by atoms with E-state index in [-0.39, 0.29) is 5.69 Å². The Kier molecular flexibility index (Phi) is 7.57. The van der Waals surface area contributed by atoms with Gasteiger partial charge in [0.05, 0.1) is 11.1 Å². The summed E-state index contributed by atoms with van der Waals surface area (Å²) in [6.45, 7) is 7.68. The molecule has 0 unspecified atom stereocenters. The highest BCUT2D eigenvalue weighted by Crippen LogP contribution is 2.21. The molecule has 0 bridgehead atoms. The second-order valence-electron chi connectivity index (χ2n) is 7.12. The number of nitro benzene ring substituents is 1. The van der Waals surface area contributed by atoms with Gasteiger partial charge in [0.15, 0.2) is 0 Å². The molecule has 0 spiro atoms. The number of nitrogens with zero attached hydrogens (tertiary/aromatic N) is 2. The standard InChI is InChI=1S/C22H24N4O4/c1-14(2)18-7-5-17(6-8-18)11-15(3)13-23-25-22(28)21(27)24-20-10-9-19(26(29)30)12-16(20)4/h5-14H,1-4H3,(H,24,27)(H,25,28)/b15-11-,23-13?. The van der Waals surface area contributed by atoms with E-state index in [4.69, 9.17) is 0 Å². The summed E-state index contributed by atoms with van der Waals surface area (Å²) in [5.74, 6) is -1.41. The number of allylic oxidation sites excluding steroid dienone is 1. The molecule has 0 radical (unpaired) electrons. The van der Waals surface area contributed by atoms with Crippen molar-refractivity contribution in [3.8, 4) is 0 Å². The summed E-state index contributed by atoms with van der Waals surface area (Å²) >= 11 is 0. The number of carbonyl (C=O) groups is 2. The third-order valence-corrected chi connectivity index (χ3v) is 4.31. The second kappa shape index (κ2) is 10.1. The number of benzene rings is 2. The van der Waals surface area contributed by atoms with Crippen LogP contribution in [0.4, 0.5) is 11.4 Å². The number of hydrogen-bond donors (Lipinski definition) is 2. The van der Waals surface area contributed by atoms with Crippen LogP contribution < -0.4 is 10.7 Å². The van der Waals surface area contributed by atoms with Gasteiger partial charge in [0.1, 0.15) is 0 Å². The predicted molar refractivity (Wildman–Crippen MR) is 117 cm³/mol. The molecule has 8 nitrogen and oxygen atoms in total. The Labute approximate surface area is 174 Å². The van der Waals surface area contributed by atoms with E-state index in [2.05, 4.69) is 41.8 Å². The van der Waals surface area contributed by atoms with Gasteiger partial charge in [-0.2, -0.15) is 5.10 Å². The van der Waals surface area contributed by atoms with Gasteiger partial charge in [0.25, 0.3) is 5.69 Å². The van der Waals surface area contributed by atoms with Gasteiger partial charge in [-0.05, 0) is 48.1 Å². The summed E-state index contributed by atoms with van der Waals surface area (Å²) in [6, 6.07) is 12.1. The average Bonchev–Trinajstić information content (AvgIpc) is 2.69. The third-order valence-electron chi connectivity index (χ3n) is 4.31. The van der Waals surface area contributed by atoms with Crippen molar-refractivity contribution in [2.45, 2.75) is 33.6 Å². The van der Waals surface area contributed by atoms with Crippen molar-refractivity contribution in [1.29, 1.82) is 0 Å². The van der Waals surface area contributed by atoms with Gasteiger partial charge in [0.2, 0.25) is 0 Å². The molecule has 2 aromatic rings. The molecule has 2 N–H and O–H groups in total. The predicted octanol–water partition coefficient (Wildman–Crippen LogP) is 4.17. The minimum absolute atomic E-state index is 0.0966. The molecule has 0 aliphatic heterocycles. The summed E-state index contributed by atoms with van der Waals surface area (Å²) in [5.41, 5.74) is 5.89. The van der Waals surface area contributed by atoms with Crippen LogP contribution in [0.25, 0.3) is 6.08 Å². The fraction of sp³-hybridized carbons (Fsp3) is 0.227. The number of nitrogens with one attached hydrogen (secondary N) is 2. The van der Waals surface area contributed by atoms with E-state index < -0.39 is 16.7 Å². The SMILES string of the molecule is C/C(C=NNC(=O)C(=O)Nc1ccc([N+](=O)[O-])cc1C)=C/c1ccc(C(C)C)cc1. The van der Waals surface area contributed by atoms with Gasteiger partial charge < -0.3 is 5.32 Å². The highest BCUT2D eigenvalue weighted by molar-refractivity contribution is 6.39. The van der Waals surface area contributed by atoms with E-state index in [1.807, 2.05) is 25.1 Å². The van der Waals surface area contributed by atoms with Gasteiger partial charge in [-0.25, -0.2) is 5.43 Å². The van der Waals surface area contributed by atoms with Crippen LogP contribution in [-0.2, 0) is 9.59 Å². The maximum absolute atomic E-state index is 12.0. The second-order valence-corrected chi connectivity index (χ2v) is 7.12. The fourth-order valence-electron chi connectivity index (χ4n) is 2.60. The first-order valence-corrected chi connectivity index (χ1v) is 9.35. The molecular formula is C22H24N4O4. The summed E-state index contributed by atoms with van der Waals surface area (Å²) in [6.07, 6.45) is 3.35. The monoisotopic (exact) mass is 408 g/mol. The van der Waals surface area contributed by atoms with Crippen molar-refractivity contribution in [2.75, 3.05) is 5.32 Å². The molecule has 0 atom stereocenters. The quantitative estimate of drug-likeness (QED) is 0.323. The molecule has 0 aromatic heterocycles. The number of anilines is 1. The Bertz CT molecular complexity index is 1010. The van der Waals surface area contributed by atoms with Gasteiger partial charge >= 0.3 is 11.8 Å². The Morgan fingerprint density at radius 1 is 1.10 bits per heavy atom. The average molecular weight is 408 g/mol. The number of hydrazone groups is 1. The molecule has 0 saturated carbocycles. The van der Waals surface area contributed by atoms with Gasteiger partial charge in [-0.1, -0.05) is 44.2 Å². The van der Waals surface area contributed by atoms with Crippen LogP contribution in [0.2, 0.25) is 0 Å². The van der Waals surface area contributed by atoms with Crippen molar-refractivity contribution < 1.29 is 14.5 Å². The van der Waals surface area contributed by atoms with Crippen molar-refractivity contribution >= 4 is 35.5 Å². The molecule has 156 valence electrons. The van der Waals surface area contributed by atoms with Crippen molar-refractivity contribution in [1.82, 2.24) is 5.43 Å². The first-order valence-electron chi connectivity index (χ1n) is 9.35. The molecule has 2 rings (SSSR count). The largest absolute Gasteiger partial charge is 0.329 e. The molecule has 8 heteroatoms. The van der Waals surface area contributed by atoms with Crippen LogP contribution in [0.15, 0.2) is 53.1 Å². The first kappa shape index (κ1) is 22.5. The Morgan fingerprint density at radius 3 is 2.33 bits per heavy atom. The van der Waals surface area contributed by atoms with E-state index in [0.29, 0.717) is 17.2 Å². The van der Waals surface area contributed by atoms with Crippen molar-refractivity contribution in [2.24, 2.45) is 5.10 Å². The normalized spacial score (nSPS) is 11.6. The van der Waals surface area contributed by atoms with Gasteiger partial charge in [-0.3, -0.25) is 19.7 Å². The van der Waals surface area contributed by atoms with Crippen LogP contribution in [0, 0.1) is 17.0 Å². The minimum atomic E-state index is -0.946. The van der Waals surface area contributed by atoms with Crippen molar-refractivity contribution in [3.05, 3.63) is 74.8 Å². The number of carbonyl (C=O) groups excluding carboxylic acids is 2. The molecule has 2 amide bonds. The smallest absolute Gasteiger partial charge is 0.317 e. The lowest BCUT2D eigenvalue weighted by Crippen LogP contribution is -2.32. The minimum Gasteiger partial charge on any atom is -0.317 e. The van der Waals surface area contributed by atoms with E-state index in [0.717, 1.165) is 11.1 Å². The van der Waals surface area contributed by atoms with E-state index in [1.165, 1.54) is 30.0 Å². The number of hydrogen-bond acceptors (Lipinski definition) is 5. The molecule has 30 heavy (non-hydrogen) atoms. The molecule has 2 aromatic carbocycles. The Morgan fingerprint density at radius 2 is 1.77 bits per heavy atom. The molecule has 0 aliphatic rings. The molecule has 0 heterocycles. The zero-order chi connectivity index (χ0) is 22.3. The topological polar surface area (TPSA) is 114 Å². The lowest BCUT2D eigenvalue weighted by Gasteiger charge is -2.07. The summed E-state index contributed by atoms with van der Waals surface area (Å²) in [4.78, 5) is 34.1. The molecule has 0 fully saturated rings. The van der Waals surface area contributed by atoms with Crippen LogP contribution >= 0.6 is 0 Å². The maximum atomic E-state index is 12.0. The first-order chi connectivity index (χ1) is 14.2. The summed E-state index contributed by atoms with van der Waals surface area (Å²) in [7, 11) is 0. The highest BCUT2D eigenvalue weighted by Gasteiger charge is 2.15. The molecule has 0 aliphatic carbocycles. The van der Waals surface area contributed by atoms with Gasteiger partial charge in [-0.15, -0.1) is 0 Å². The number of amides is 2. The zero-order valence-corrected chi connectivity index (χ0v) is 17.3. The Balaban J connectivity index is 1.93. The van der Waals surface area contributed by atoms with Crippen LogP contribution in [-0.4, -0.2) is 23.0 Å². The number of non-ortho nitro benzene ring substituents is 1. The lowest BCUT2D eigenvalue weighted by atomic mass is 10.0. The van der Waals surface area contributed by atoms with E-state index >= 15 is 0 Å². The van der Waals surface area contributed by atoms with E-state index in [1.54, 1.807) is 6.92 Å². The van der Waals surface area contributed by atoms with Gasteiger partial charge in [0, 0.05) is 17.8 Å². The lowest BCUT2D eigenvalue weighted by molar-refractivity contribution is -0.384. The van der Waals surface area contributed by atoms with Crippen LogP contribution in [0.1, 0.15) is 43.4 Å². The number of rotatable bonds is 6. The summed E-state index contributed by atoms with van der Waals surface area (Å²) < 4.78 is 0. The van der Waals surface area contributed by atoms with Crippen molar-refractivity contribution in [3.63, 3.8) is 0 Å². The number of nitro groups is 1. The van der Waals surface area contributed by atoms with Crippen LogP contribution in [0.3, 0.4) is 0 Å². The van der Waals surface area contributed by atoms with E-state index in [9.17, 15) is 19.7 Å². The third kappa shape index (κ3) is 6.37. The molecule has 0 saturated heterocycles. The molecular weight excluding hydrogens is 384 g/mol.